The van der Waals surface area contributed by atoms with E-state index >= 15 is 0 Å². The first-order chi connectivity index (χ1) is 12.7. The van der Waals surface area contributed by atoms with E-state index in [1.807, 2.05) is 23.1 Å². The molecule has 136 valence electrons. The van der Waals surface area contributed by atoms with E-state index in [1.54, 1.807) is 0 Å². The molecule has 5 rings (SSSR count). The number of amides is 2. The van der Waals surface area contributed by atoms with Crippen molar-refractivity contribution in [2.75, 3.05) is 13.1 Å². The number of benzene rings is 1. The Kier molecular flexibility index (Phi) is 3.70. The van der Waals surface area contributed by atoms with Crippen molar-refractivity contribution in [3.05, 3.63) is 48.0 Å². The Morgan fingerprint density at radius 2 is 2.00 bits per heavy atom. The molecule has 1 spiro atoms. The topological polar surface area (TPSA) is 49.4 Å². The van der Waals surface area contributed by atoms with Gasteiger partial charge in [0.15, 0.2) is 0 Å². The van der Waals surface area contributed by atoms with Gasteiger partial charge in [0.25, 0.3) is 0 Å². The van der Waals surface area contributed by atoms with Gasteiger partial charge in [-0.2, -0.15) is 0 Å². The lowest BCUT2D eigenvalue weighted by molar-refractivity contribution is -0.127. The first-order valence-corrected chi connectivity index (χ1v) is 9.96. The summed E-state index contributed by atoms with van der Waals surface area (Å²) in [4.78, 5) is 27.0. The lowest BCUT2D eigenvalue weighted by Gasteiger charge is -2.22. The van der Waals surface area contributed by atoms with Gasteiger partial charge in [0, 0.05) is 25.4 Å². The number of nitrogens with zero attached hydrogens (tertiary/aromatic N) is 1. The zero-order valence-corrected chi connectivity index (χ0v) is 15.1. The monoisotopic (exact) mass is 350 g/mol. The lowest BCUT2D eigenvalue weighted by atomic mass is 9.88. The number of allylic oxidation sites excluding steroid dienone is 2. The van der Waals surface area contributed by atoms with Crippen LogP contribution in [0.3, 0.4) is 0 Å². The van der Waals surface area contributed by atoms with Crippen LogP contribution in [0.25, 0.3) is 0 Å². The molecule has 4 atom stereocenters. The predicted octanol–water partition coefficient (Wildman–Crippen LogP) is 2.55. The molecule has 0 radical (unpaired) electrons. The highest BCUT2D eigenvalue weighted by Crippen LogP contribution is 2.70. The standard InChI is InChI=1S/C22H26N2O2/c25-20-13-17(14-24(20)11-8-15-4-2-1-3-5-15)23-21(26)18-12-16-6-7-19(18)22(16)9-10-22/h1-7,16-19H,8-14H2,(H,23,26)/t16-,17-,18-,19-/m1/s1. The molecule has 2 bridgehead atoms. The minimum atomic E-state index is -0.0240. The van der Waals surface area contributed by atoms with Gasteiger partial charge in [-0.3, -0.25) is 9.59 Å². The van der Waals surface area contributed by atoms with Crippen LogP contribution in [-0.2, 0) is 16.0 Å². The summed E-state index contributed by atoms with van der Waals surface area (Å²) in [6, 6.07) is 10.2. The Bertz CT molecular complexity index is 753. The van der Waals surface area contributed by atoms with Crippen LogP contribution < -0.4 is 5.32 Å². The average molecular weight is 350 g/mol. The van der Waals surface area contributed by atoms with E-state index in [1.165, 1.54) is 18.4 Å². The van der Waals surface area contributed by atoms with Crippen molar-refractivity contribution < 1.29 is 9.59 Å². The molecule has 1 aromatic carbocycles. The van der Waals surface area contributed by atoms with Crippen LogP contribution in [0.2, 0.25) is 0 Å². The number of carbonyl (C=O) groups excluding carboxylic acids is 2. The molecule has 4 heteroatoms. The predicted molar refractivity (Wildman–Crippen MR) is 99.2 cm³/mol. The van der Waals surface area contributed by atoms with Crippen LogP contribution in [0.5, 0.6) is 0 Å². The third kappa shape index (κ3) is 2.58. The van der Waals surface area contributed by atoms with Gasteiger partial charge < -0.3 is 10.2 Å². The number of hydrogen-bond acceptors (Lipinski definition) is 2. The molecule has 26 heavy (non-hydrogen) atoms. The van der Waals surface area contributed by atoms with Crippen molar-refractivity contribution in [3.8, 4) is 0 Å². The van der Waals surface area contributed by atoms with Gasteiger partial charge >= 0.3 is 0 Å². The maximum absolute atomic E-state index is 12.8. The molecule has 0 aromatic heterocycles. The third-order valence-corrected chi connectivity index (χ3v) is 7.13. The van der Waals surface area contributed by atoms with E-state index in [0.717, 1.165) is 19.4 Å². The molecule has 4 nitrogen and oxygen atoms in total. The second-order valence-electron chi connectivity index (χ2n) is 8.58. The van der Waals surface area contributed by atoms with Crippen LogP contribution >= 0.6 is 0 Å². The minimum absolute atomic E-state index is 0.0240. The van der Waals surface area contributed by atoms with E-state index in [9.17, 15) is 9.59 Å². The number of nitrogens with one attached hydrogen (secondary N) is 1. The quantitative estimate of drug-likeness (QED) is 0.830. The summed E-state index contributed by atoms with van der Waals surface area (Å²) in [5.74, 6) is 1.53. The van der Waals surface area contributed by atoms with E-state index in [4.69, 9.17) is 0 Å². The molecule has 1 saturated heterocycles. The molecule has 2 amide bonds. The molecule has 3 aliphatic carbocycles. The molecular weight excluding hydrogens is 324 g/mol. The highest BCUT2D eigenvalue weighted by Gasteiger charge is 2.64. The van der Waals surface area contributed by atoms with Gasteiger partial charge in [0.2, 0.25) is 11.8 Å². The fraction of sp³-hybridized carbons (Fsp3) is 0.545. The van der Waals surface area contributed by atoms with Crippen LogP contribution in [0.4, 0.5) is 0 Å². The van der Waals surface area contributed by atoms with E-state index < -0.39 is 0 Å². The maximum Gasteiger partial charge on any atom is 0.224 e. The number of hydrogen-bond donors (Lipinski definition) is 1. The Morgan fingerprint density at radius 3 is 2.73 bits per heavy atom. The summed E-state index contributed by atoms with van der Waals surface area (Å²) in [5, 5.41) is 3.19. The van der Waals surface area contributed by atoms with Gasteiger partial charge in [0.05, 0.1) is 6.04 Å². The first kappa shape index (κ1) is 16.1. The third-order valence-electron chi connectivity index (χ3n) is 7.13. The Balaban J connectivity index is 1.15. The summed E-state index contributed by atoms with van der Waals surface area (Å²) in [7, 11) is 0. The van der Waals surface area contributed by atoms with Crippen LogP contribution in [-0.4, -0.2) is 35.8 Å². The maximum atomic E-state index is 12.8. The highest BCUT2D eigenvalue weighted by molar-refractivity contribution is 5.84. The average Bonchev–Trinajstić information content (AvgIpc) is 3.19. The van der Waals surface area contributed by atoms with Crippen molar-refractivity contribution in [1.29, 1.82) is 0 Å². The summed E-state index contributed by atoms with van der Waals surface area (Å²) in [6.45, 7) is 1.38. The molecule has 3 fully saturated rings. The number of rotatable bonds is 5. The molecular formula is C22H26N2O2. The van der Waals surface area contributed by atoms with Gasteiger partial charge in [-0.1, -0.05) is 42.5 Å². The Morgan fingerprint density at radius 1 is 1.19 bits per heavy atom. The highest BCUT2D eigenvalue weighted by atomic mass is 16.2. The second-order valence-corrected chi connectivity index (χ2v) is 8.58. The van der Waals surface area contributed by atoms with Crippen molar-refractivity contribution >= 4 is 11.8 Å². The normalized spacial score (nSPS) is 33.2. The van der Waals surface area contributed by atoms with Gasteiger partial charge in [-0.05, 0) is 48.5 Å². The summed E-state index contributed by atoms with van der Waals surface area (Å²) < 4.78 is 0. The zero-order valence-electron chi connectivity index (χ0n) is 15.1. The van der Waals surface area contributed by atoms with Crippen molar-refractivity contribution in [3.63, 3.8) is 0 Å². The second kappa shape index (κ2) is 5.97. The Labute approximate surface area is 154 Å². The van der Waals surface area contributed by atoms with Crippen LogP contribution in [0, 0.1) is 23.2 Å². The summed E-state index contributed by atoms with van der Waals surface area (Å²) in [6.07, 6.45) is 9.52. The summed E-state index contributed by atoms with van der Waals surface area (Å²) in [5.41, 5.74) is 1.69. The molecule has 2 saturated carbocycles. The number of likely N-dealkylation sites (tertiary alicyclic amines) is 1. The smallest absolute Gasteiger partial charge is 0.224 e. The van der Waals surface area contributed by atoms with Crippen LogP contribution in [0.15, 0.2) is 42.5 Å². The fourth-order valence-corrected chi connectivity index (χ4v) is 5.57. The van der Waals surface area contributed by atoms with Crippen LogP contribution in [0.1, 0.15) is 31.2 Å². The molecule has 4 aliphatic rings. The fourth-order valence-electron chi connectivity index (χ4n) is 5.57. The van der Waals surface area contributed by atoms with E-state index in [-0.39, 0.29) is 23.8 Å². The zero-order chi connectivity index (χ0) is 17.7. The molecule has 0 unspecified atom stereocenters. The number of carbonyl (C=O) groups is 2. The minimum Gasteiger partial charge on any atom is -0.351 e. The molecule has 1 aliphatic heterocycles. The van der Waals surface area contributed by atoms with E-state index in [0.29, 0.717) is 30.2 Å². The van der Waals surface area contributed by atoms with Crippen molar-refractivity contribution in [2.24, 2.45) is 23.2 Å². The summed E-state index contributed by atoms with van der Waals surface area (Å²) >= 11 is 0. The molecule has 1 aromatic rings. The van der Waals surface area contributed by atoms with Gasteiger partial charge in [-0.15, -0.1) is 0 Å². The van der Waals surface area contributed by atoms with Gasteiger partial charge in [-0.25, -0.2) is 0 Å². The lowest BCUT2D eigenvalue weighted by Crippen LogP contribution is -2.42. The van der Waals surface area contributed by atoms with Crippen molar-refractivity contribution in [1.82, 2.24) is 10.2 Å². The largest absolute Gasteiger partial charge is 0.351 e. The van der Waals surface area contributed by atoms with Gasteiger partial charge in [0.1, 0.15) is 0 Å². The Hall–Kier alpha value is -2.10. The molecule has 1 N–H and O–H groups in total. The molecule has 1 heterocycles. The van der Waals surface area contributed by atoms with Crippen molar-refractivity contribution in [2.45, 2.75) is 38.1 Å². The van der Waals surface area contributed by atoms with E-state index in [2.05, 4.69) is 29.6 Å². The SMILES string of the molecule is O=C(N[C@@H]1CC(=O)N(CCc2ccccc2)C1)[C@@H]1C[C@H]2C=C[C@H]1C21CC1. The first-order valence-electron chi connectivity index (χ1n) is 9.96.